The smallest absolute Gasteiger partial charge is 0.258 e. The Morgan fingerprint density at radius 1 is 0.880 bits per heavy atom. The topological polar surface area (TPSA) is 104 Å². The van der Waals surface area contributed by atoms with Crippen LogP contribution >= 0.6 is 34.8 Å². The molecule has 2 aliphatic carbocycles. The number of methoxy groups -OCH3 is 1. The molecule has 3 fully saturated rings. The van der Waals surface area contributed by atoms with E-state index < -0.39 is 104 Å². The molecule has 1 saturated carbocycles. The second kappa shape index (κ2) is 11.7. The number of hydrogen-bond donors (Lipinski definition) is 1. The summed E-state index contributed by atoms with van der Waals surface area (Å²) in [5.74, 6) is -22.2. The number of carbonyl (C=O) groups is 4. The summed E-state index contributed by atoms with van der Waals surface area (Å²) in [6.07, 6.45) is 0.872. The highest BCUT2D eigenvalue weighted by atomic mass is 35.5. The van der Waals surface area contributed by atoms with Crippen LogP contribution in [0.2, 0.25) is 5.02 Å². The van der Waals surface area contributed by atoms with Crippen LogP contribution in [0.25, 0.3) is 0 Å². The van der Waals surface area contributed by atoms with Crippen LogP contribution in [0.15, 0.2) is 54.1 Å². The predicted octanol–water partition coefficient (Wildman–Crippen LogP) is 6.51. The lowest BCUT2D eigenvalue weighted by molar-refractivity contribution is -0.141. The number of carbonyl (C=O) groups excluding carboxylic acids is 4. The number of rotatable bonds is 5. The molecule has 6 atom stereocenters. The third kappa shape index (κ3) is 4.42. The standard InChI is InChI=1S/C34H22Cl3F5N2O6/c1-50-19-10-14(9-18(35)28(19)45)21-15-7-8-16-20(30(47)43(29(16)46)12-13-5-3-2-4-6-13)17(15)11-33(36)31(48)44(32(49)34(21,33)37)27-25(41)23(39)22(38)24(40)26(27)42/h2-7,9-10,16-17,20-21,45H,8,11-12H2,1H3. The number of phenolic OH excluding ortho intramolecular Hbond substituents is 1. The Labute approximate surface area is 294 Å². The number of aromatic hydroxyl groups is 1. The first-order valence-electron chi connectivity index (χ1n) is 15.0. The largest absolute Gasteiger partial charge is 0.503 e. The van der Waals surface area contributed by atoms with Crippen molar-refractivity contribution in [1.29, 1.82) is 0 Å². The number of likely N-dealkylation sites (tertiary alicyclic amines) is 1. The van der Waals surface area contributed by atoms with Gasteiger partial charge in [0.1, 0.15) is 5.69 Å². The maximum atomic E-state index is 15.2. The van der Waals surface area contributed by atoms with E-state index >= 15 is 8.78 Å². The molecule has 3 aromatic carbocycles. The van der Waals surface area contributed by atoms with E-state index in [1.54, 1.807) is 36.4 Å². The number of phenols is 1. The van der Waals surface area contributed by atoms with Crippen LogP contribution in [0.4, 0.5) is 27.6 Å². The van der Waals surface area contributed by atoms with Crippen molar-refractivity contribution in [2.24, 2.45) is 17.8 Å². The molecule has 1 N–H and O–H groups in total. The fourth-order valence-electron chi connectivity index (χ4n) is 7.84. The van der Waals surface area contributed by atoms with Gasteiger partial charge < -0.3 is 9.84 Å². The number of benzene rings is 3. The highest BCUT2D eigenvalue weighted by molar-refractivity contribution is 6.58. The van der Waals surface area contributed by atoms with Crippen molar-refractivity contribution in [3.8, 4) is 11.5 Å². The van der Waals surface area contributed by atoms with Crippen LogP contribution in [0.1, 0.15) is 29.9 Å². The van der Waals surface area contributed by atoms with E-state index in [4.69, 9.17) is 39.5 Å². The van der Waals surface area contributed by atoms with Crippen molar-refractivity contribution in [3.05, 3.63) is 99.3 Å². The summed E-state index contributed by atoms with van der Waals surface area (Å²) >= 11 is 20.6. The summed E-state index contributed by atoms with van der Waals surface area (Å²) in [5, 5.41) is 10.2. The van der Waals surface area contributed by atoms with Crippen molar-refractivity contribution in [3.63, 3.8) is 0 Å². The van der Waals surface area contributed by atoms with Gasteiger partial charge >= 0.3 is 0 Å². The normalized spacial score (nSPS) is 28.9. The number of ether oxygens (including phenoxy) is 1. The molecule has 6 unspecified atom stereocenters. The Balaban J connectivity index is 1.43. The number of nitrogens with zero attached hydrogens (tertiary/aromatic N) is 2. The molecule has 8 nitrogen and oxygen atoms in total. The van der Waals surface area contributed by atoms with Gasteiger partial charge in [0.05, 0.1) is 30.5 Å². The van der Waals surface area contributed by atoms with Gasteiger partial charge in [-0.25, -0.2) is 26.9 Å². The van der Waals surface area contributed by atoms with Gasteiger partial charge in [-0.1, -0.05) is 53.6 Å². The van der Waals surface area contributed by atoms with Gasteiger partial charge in [0, 0.05) is 5.92 Å². The second-order valence-electron chi connectivity index (χ2n) is 12.5. The van der Waals surface area contributed by atoms with Gasteiger partial charge in [-0.15, -0.1) is 23.2 Å². The molecular weight excluding hydrogens is 734 g/mol. The van der Waals surface area contributed by atoms with E-state index in [-0.39, 0.29) is 39.8 Å². The van der Waals surface area contributed by atoms with Crippen molar-refractivity contribution < 1.29 is 51.0 Å². The molecular formula is C34H22Cl3F5N2O6. The molecule has 0 radical (unpaired) electrons. The summed E-state index contributed by atoms with van der Waals surface area (Å²) in [7, 11) is 1.19. The molecule has 2 aliphatic heterocycles. The summed E-state index contributed by atoms with van der Waals surface area (Å²) in [6.45, 7) is -0.0708. The molecule has 260 valence electrons. The quantitative estimate of drug-likeness (QED) is 0.0796. The monoisotopic (exact) mass is 754 g/mol. The lowest BCUT2D eigenvalue weighted by Gasteiger charge is -2.50. The Morgan fingerprint density at radius 2 is 1.50 bits per heavy atom. The zero-order valence-corrected chi connectivity index (χ0v) is 27.7. The molecule has 2 heterocycles. The zero-order chi connectivity index (χ0) is 36.2. The van der Waals surface area contributed by atoms with Gasteiger partial charge in [0.15, 0.2) is 44.5 Å². The van der Waals surface area contributed by atoms with E-state index in [1.807, 2.05) is 0 Å². The average molecular weight is 756 g/mol. The third-order valence-corrected chi connectivity index (χ3v) is 11.8. The van der Waals surface area contributed by atoms with E-state index in [0.29, 0.717) is 5.56 Å². The van der Waals surface area contributed by atoms with Gasteiger partial charge in [-0.2, -0.15) is 0 Å². The number of fused-ring (bicyclic) bond motifs is 4. The van der Waals surface area contributed by atoms with E-state index in [1.165, 1.54) is 19.2 Å². The number of alkyl halides is 2. The van der Waals surface area contributed by atoms with E-state index in [0.717, 1.165) is 4.90 Å². The summed E-state index contributed by atoms with van der Waals surface area (Å²) in [5.41, 5.74) is -1.03. The molecule has 4 amide bonds. The Bertz CT molecular complexity index is 2060. The zero-order valence-electron chi connectivity index (χ0n) is 25.5. The first kappa shape index (κ1) is 34.3. The first-order valence-corrected chi connectivity index (χ1v) is 16.2. The Kier molecular flexibility index (Phi) is 8.00. The number of allylic oxidation sites excluding steroid dienone is 2. The number of imide groups is 2. The minimum atomic E-state index is -2.75. The lowest BCUT2D eigenvalue weighted by atomic mass is 9.56. The maximum absolute atomic E-state index is 15.2. The van der Waals surface area contributed by atoms with Crippen LogP contribution in [-0.4, -0.2) is 50.5 Å². The summed E-state index contributed by atoms with van der Waals surface area (Å²) in [6, 6.07) is 11.0. The van der Waals surface area contributed by atoms with Gasteiger partial charge in [-0.3, -0.25) is 24.1 Å². The van der Waals surface area contributed by atoms with Crippen LogP contribution in [-0.2, 0) is 25.7 Å². The number of anilines is 1. The van der Waals surface area contributed by atoms with Crippen molar-refractivity contribution in [1.82, 2.24) is 4.90 Å². The van der Waals surface area contributed by atoms with Gasteiger partial charge in [0.2, 0.25) is 17.6 Å². The van der Waals surface area contributed by atoms with Gasteiger partial charge in [0.25, 0.3) is 11.8 Å². The van der Waals surface area contributed by atoms with E-state index in [2.05, 4.69) is 0 Å². The van der Waals surface area contributed by atoms with Crippen LogP contribution < -0.4 is 9.64 Å². The minimum Gasteiger partial charge on any atom is -0.503 e. The highest BCUT2D eigenvalue weighted by Crippen LogP contribution is 2.66. The van der Waals surface area contributed by atoms with E-state index in [9.17, 15) is 37.5 Å². The average Bonchev–Trinajstić information content (AvgIpc) is 3.42. The summed E-state index contributed by atoms with van der Waals surface area (Å²) < 4.78 is 78.5. The fourth-order valence-corrected chi connectivity index (χ4v) is 9.00. The van der Waals surface area contributed by atoms with Crippen molar-refractivity contribution in [2.45, 2.75) is 35.1 Å². The molecule has 4 aliphatic rings. The highest BCUT2D eigenvalue weighted by Gasteiger charge is 2.77. The second-order valence-corrected chi connectivity index (χ2v) is 14.1. The Hall–Kier alpha value is -4.20. The predicted molar refractivity (Wildman–Crippen MR) is 168 cm³/mol. The molecule has 0 spiro atoms. The number of halogens is 8. The third-order valence-electron chi connectivity index (χ3n) is 10.1. The molecule has 3 aromatic rings. The first-order chi connectivity index (χ1) is 23.6. The molecule has 2 saturated heterocycles. The van der Waals surface area contributed by atoms with Crippen molar-refractivity contribution >= 4 is 64.1 Å². The minimum absolute atomic E-state index is 0.0163. The maximum Gasteiger partial charge on any atom is 0.258 e. The summed E-state index contributed by atoms with van der Waals surface area (Å²) in [4.78, 5) is 51.8. The molecule has 7 rings (SSSR count). The fraction of sp³-hybridized carbons (Fsp3) is 0.294. The van der Waals surface area contributed by atoms with Crippen LogP contribution in [0.3, 0.4) is 0 Å². The van der Waals surface area contributed by atoms with Crippen molar-refractivity contribution in [2.75, 3.05) is 12.0 Å². The SMILES string of the molecule is COc1cc(C2C3=CCC4C(=O)N(Cc5ccccc5)C(=O)C4C3CC3(Cl)C(=O)N(c4c(F)c(F)c(F)c(F)c4F)C(=O)C23Cl)cc(Cl)c1O. The number of hydrogen-bond acceptors (Lipinski definition) is 6. The number of amides is 4. The van der Waals surface area contributed by atoms with Crippen LogP contribution in [0.5, 0.6) is 11.5 Å². The lowest BCUT2D eigenvalue weighted by Crippen LogP contribution is -2.60. The molecule has 16 heteroatoms. The molecule has 50 heavy (non-hydrogen) atoms. The van der Waals surface area contributed by atoms with Crippen LogP contribution in [0, 0.1) is 46.8 Å². The molecule has 0 aromatic heterocycles. The molecule has 0 bridgehead atoms. The van der Waals surface area contributed by atoms with Gasteiger partial charge in [-0.05, 0) is 42.0 Å². The Morgan fingerprint density at radius 3 is 2.12 bits per heavy atom.